The highest BCUT2D eigenvalue weighted by Crippen LogP contribution is 2.26. The SMILES string of the molecule is CCCn1c(SCC(=O)N(CCC#N)c2ccccc2)nnc1-c1cccc(C)c1. The minimum atomic E-state index is -0.0513. The smallest absolute Gasteiger partial charge is 0.237 e. The van der Waals surface area contributed by atoms with Gasteiger partial charge < -0.3 is 9.47 Å². The highest BCUT2D eigenvalue weighted by molar-refractivity contribution is 7.99. The van der Waals surface area contributed by atoms with Crippen LogP contribution in [0.15, 0.2) is 59.8 Å². The molecule has 7 heteroatoms. The summed E-state index contributed by atoms with van der Waals surface area (Å²) in [6.45, 7) is 5.32. The molecule has 0 unspecified atom stereocenters. The van der Waals surface area contributed by atoms with Crippen molar-refractivity contribution < 1.29 is 4.79 Å². The molecule has 0 aliphatic carbocycles. The van der Waals surface area contributed by atoms with Crippen molar-refractivity contribution in [1.82, 2.24) is 14.8 Å². The molecule has 6 nitrogen and oxygen atoms in total. The number of amides is 1. The number of nitriles is 1. The molecule has 1 amide bonds. The molecule has 3 aromatic rings. The summed E-state index contributed by atoms with van der Waals surface area (Å²) >= 11 is 1.39. The van der Waals surface area contributed by atoms with Crippen LogP contribution < -0.4 is 4.90 Å². The molecule has 0 radical (unpaired) electrons. The zero-order valence-corrected chi connectivity index (χ0v) is 18.1. The summed E-state index contributed by atoms with van der Waals surface area (Å²) in [5.41, 5.74) is 2.99. The standard InChI is InChI=1S/C23H25N5OS/c1-3-14-28-22(19-10-7-9-18(2)16-19)25-26-23(28)30-17-21(29)27(15-8-13-24)20-11-5-4-6-12-20/h4-7,9-12,16H,3,8,14-15,17H2,1-2H3. The third-order valence-corrected chi connectivity index (χ3v) is 5.53. The Bertz CT molecular complexity index is 1030. The summed E-state index contributed by atoms with van der Waals surface area (Å²) in [6.07, 6.45) is 1.23. The van der Waals surface area contributed by atoms with Crippen LogP contribution in [0.3, 0.4) is 0 Å². The van der Waals surface area contributed by atoms with Crippen LogP contribution in [0.2, 0.25) is 0 Å². The number of hydrogen-bond acceptors (Lipinski definition) is 5. The molecule has 30 heavy (non-hydrogen) atoms. The first-order chi connectivity index (χ1) is 14.6. The molecule has 0 spiro atoms. The number of aryl methyl sites for hydroxylation is 1. The number of aromatic nitrogens is 3. The predicted octanol–water partition coefficient (Wildman–Crippen LogP) is 4.70. The number of para-hydroxylation sites is 1. The van der Waals surface area contributed by atoms with E-state index in [1.54, 1.807) is 4.90 Å². The Hall–Kier alpha value is -3.11. The average molecular weight is 420 g/mol. The maximum atomic E-state index is 13.0. The minimum Gasteiger partial charge on any atom is -0.311 e. The molecular weight excluding hydrogens is 394 g/mol. The number of thioether (sulfide) groups is 1. The van der Waals surface area contributed by atoms with Crippen molar-refractivity contribution in [1.29, 1.82) is 5.26 Å². The minimum absolute atomic E-state index is 0.0513. The summed E-state index contributed by atoms with van der Waals surface area (Å²) in [5, 5.41) is 18.5. The third-order valence-electron chi connectivity index (χ3n) is 4.58. The molecule has 154 valence electrons. The van der Waals surface area contributed by atoms with Gasteiger partial charge in [0.15, 0.2) is 11.0 Å². The number of nitrogens with zero attached hydrogens (tertiary/aromatic N) is 5. The second kappa shape index (κ2) is 10.6. The van der Waals surface area contributed by atoms with Gasteiger partial charge in [0, 0.05) is 24.3 Å². The van der Waals surface area contributed by atoms with E-state index in [9.17, 15) is 4.79 Å². The van der Waals surface area contributed by atoms with E-state index in [-0.39, 0.29) is 18.1 Å². The number of hydrogen-bond donors (Lipinski definition) is 0. The second-order valence-corrected chi connectivity index (χ2v) is 7.85. The summed E-state index contributed by atoms with van der Waals surface area (Å²) in [7, 11) is 0. The van der Waals surface area contributed by atoms with E-state index >= 15 is 0 Å². The van der Waals surface area contributed by atoms with Gasteiger partial charge in [0.1, 0.15) is 0 Å². The Morgan fingerprint density at radius 1 is 1.17 bits per heavy atom. The van der Waals surface area contributed by atoms with Gasteiger partial charge in [-0.1, -0.05) is 60.6 Å². The summed E-state index contributed by atoms with van der Waals surface area (Å²) in [6, 6.07) is 19.8. The van der Waals surface area contributed by atoms with Crippen LogP contribution in [0.1, 0.15) is 25.3 Å². The Morgan fingerprint density at radius 3 is 2.67 bits per heavy atom. The van der Waals surface area contributed by atoms with Crippen LogP contribution in [0.5, 0.6) is 0 Å². The van der Waals surface area contributed by atoms with E-state index in [0.29, 0.717) is 6.54 Å². The molecule has 1 heterocycles. The van der Waals surface area contributed by atoms with Gasteiger partial charge in [0.2, 0.25) is 5.91 Å². The lowest BCUT2D eigenvalue weighted by atomic mass is 10.1. The molecule has 2 aromatic carbocycles. The Labute approximate surface area is 181 Å². The summed E-state index contributed by atoms with van der Waals surface area (Å²) in [4.78, 5) is 14.6. The Morgan fingerprint density at radius 2 is 1.97 bits per heavy atom. The molecule has 1 aromatic heterocycles. The number of carbonyl (C=O) groups is 1. The van der Waals surface area contributed by atoms with E-state index in [1.807, 2.05) is 42.5 Å². The van der Waals surface area contributed by atoms with Gasteiger partial charge in [-0.2, -0.15) is 5.26 Å². The van der Waals surface area contributed by atoms with Crippen molar-refractivity contribution in [2.24, 2.45) is 0 Å². The van der Waals surface area contributed by atoms with Gasteiger partial charge in [-0.05, 0) is 31.5 Å². The fourth-order valence-electron chi connectivity index (χ4n) is 3.19. The topological polar surface area (TPSA) is 74.8 Å². The molecule has 0 aliphatic rings. The molecular formula is C23H25N5OS. The van der Waals surface area contributed by atoms with Crippen molar-refractivity contribution in [3.05, 3.63) is 60.2 Å². The number of benzene rings is 2. The van der Waals surface area contributed by atoms with E-state index in [4.69, 9.17) is 5.26 Å². The van der Waals surface area contributed by atoms with Crippen molar-refractivity contribution in [3.63, 3.8) is 0 Å². The molecule has 0 bridgehead atoms. The van der Waals surface area contributed by atoms with Crippen LogP contribution in [-0.4, -0.2) is 33.0 Å². The lowest BCUT2D eigenvalue weighted by Crippen LogP contribution is -2.33. The van der Waals surface area contributed by atoms with Gasteiger partial charge in [-0.15, -0.1) is 10.2 Å². The second-order valence-electron chi connectivity index (χ2n) is 6.91. The first-order valence-electron chi connectivity index (χ1n) is 9.99. The van der Waals surface area contributed by atoms with Crippen molar-refractivity contribution in [2.75, 3.05) is 17.2 Å². The Kier molecular flexibility index (Phi) is 7.63. The van der Waals surface area contributed by atoms with Crippen molar-refractivity contribution in [2.45, 2.75) is 38.4 Å². The maximum Gasteiger partial charge on any atom is 0.237 e. The van der Waals surface area contributed by atoms with Crippen LogP contribution >= 0.6 is 11.8 Å². The predicted molar refractivity (Wildman–Crippen MR) is 120 cm³/mol. The number of rotatable bonds is 9. The van der Waals surface area contributed by atoms with E-state index < -0.39 is 0 Å². The molecule has 3 rings (SSSR count). The van der Waals surface area contributed by atoms with Gasteiger partial charge in [-0.25, -0.2) is 0 Å². The highest BCUT2D eigenvalue weighted by atomic mass is 32.2. The lowest BCUT2D eigenvalue weighted by Gasteiger charge is -2.21. The van der Waals surface area contributed by atoms with E-state index in [0.717, 1.165) is 35.2 Å². The van der Waals surface area contributed by atoms with Gasteiger partial charge in [0.05, 0.1) is 18.2 Å². The van der Waals surface area contributed by atoms with E-state index in [2.05, 4.69) is 46.8 Å². The first-order valence-corrected chi connectivity index (χ1v) is 11.0. The summed E-state index contributed by atoms with van der Waals surface area (Å²) in [5.74, 6) is 1.00. The average Bonchev–Trinajstić information content (AvgIpc) is 3.16. The van der Waals surface area contributed by atoms with Gasteiger partial charge >= 0.3 is 0 Å². The van der Waals surface area contributed by atoms with Crippen molar-refractivity contribution in [3.8, 4) is 17.5 Å². The molecule has 0 N–H and O–H groups in total. The normalized spacial score (nSPS) is 10.6. The quantitative estimate of drug-likeness (QED) is 0.470. The molecule has 0 saturated heterocycles. The monoisotopic (exact) mass is 419 g/mol. The van der Waals surface area contributed by atoms with Crippen LogP contribution in [-0.2, 0) is 11.3 Å². The highest BCUT2D eigenvalue weighted by Gasteiger charge is 2.19. The summed E-state index contributed by atoms with van der Waals surface area (Å²) < 4.78 is 2.08. The molecule has 0 fully saturated rings. The van der Waals surface area contributed by atoms with Crippen LogP contribution in [0, 0.1) is 18.3 Å². The van der Waals surface area contributed by atoms with Crippen LogP contribution in [0.25, 0.3) is 11.4 Å². The third kappa shape index (κ3) is 5.28. The largest absolute Gasteiger partial charge is 0.311 e. The zero-order valence-electron chi connectivity index (χ0n) is 17.3. The van der Waals surface area contributed by atoms with Crippen molar-refractivity contribution >= 4 is 23.4 Å². The molecule has 0 saturated carbocycles. The fraction of sp³-hybridized carbons (Fsp3) is 0.304. The fourth-order valence-corrected chi connectivity index (χ4v) is 4.03. The van der Waals surface area contributed by atoms with Gasteiger partial charge in [0.25, 0.3) is 0 Å². The number of carbonyl (C=O) groups excluding carboxylic acids is 1. The zero-order chi connectivity index (χ0) is 21.3. The lowest BCUT2D eigenvalue weighted by molar-refractivity contribution is -0.116. The van der Waals surface area contributed by atoms with E-state index in [1.165, 1.54) is 17.3 Å². The number of anilines is 1. The molecule has 0 atom stereocenters. The molecule has 0 aliphatic heterocycles. The first kappa shape index (κ1) is 21.6. The van der Waals surface area contributed by atoms with Gasteiger partial charge in [-0.3, -0.25) is 4.79 Å². The van der Waals surface area contributed by atoms with Crippen LogP contribution in [0.4, 0.5) is 5.69 Å². The Balaban J connectivity index is 1.78. The maximum absolute atomic E-state index is 13.0.